The molecule has 0 saturated heterocycles. The highest BCUT2D eigenvalue weighted by Crippen LogP contribution is 2.27. The summed E-state index contributed by atoms with van der Waals surface area (Å²) in [6.07, 6.45) is 2.67. The van der Waals surface area contributed by atoms with E-state index < -0.39 is 0 Å². The first-order valence-corrected chi connectivity index (χ1v) is 8.83. The summed E-state index contributed by atoms with van der Waals surface area (Å²) in [5, 5.41) is 5.96. The maximum absolute atomic E-state index is 14.6. The molecule has 6 heteroatoms. The van der Waals surface area contributed by atoms with Gasteiger partial charge in [-0.25, -0.2) is 4.39 Å². The highest BCUT2D eigenvalue weighted by molar-refractivity contribution is 7.14. The normalized spacial score (nSPS) is 13.1. The number of anilines is 1. The van der Waals surface area contributed by atoms with Crippen LogP contribution >= 0.6 is 23.7 Å². The number of hydrogen-bond donors (Lipinski definition) is 2. The van der Waals surface area contributed by atoms with Gasteiger partial charge in [0.25, 0.3) is 5.91 Å². The second kappa shape index (κ2) is 8.10. The lowest BCUT2D eigenvalue weighted by Crippen LogP contribution is -2.25. The van der Waals surface area contributed by atoms with Crippen molar-refractivity contribution < 1.29 is 9.18 Å². The highest BCUT2D eigenvalue weighted by atomic mass is 35.5. The predicted molar refractivity (Wildman–Crippen MR) is 100 cm³/mol. The van der Waals surface area contributed by atoms with Crippen LogP contribution in [0.25, 0.3) is 0 Å². The van der Waals surface area contributed by atoms with Crippen LogP contribution in [0.1, 0.15) is 44.6 Å². The lowest BCUT2D eigenvalue weighted by Gasteiger charge is -2.19. The van der Waals surface area contributed by atoms with Gasteiger partial charge >= 0.3 is 0 Å². The number of amides is 1. The van der Waals surface area contributed by atoms with Gasteiger partial charge in [0.2, 0.25) is 0 Å². The molecule has 1 aliphatic rings. The third-order valence-corrected chi connectivity index (χ3v) is 5.31. The highest BCUT2D eigenvalue weighted by Gasteiger charge is 2.19. The zero-order valence-corrected chi connectivity index (χ0v) is 15.5. The lowest BCUT2D eigenvalue weighted by atomic mass is 9.99. The largest absolute Gasteiger partial charge is 0.319 e. The van der Waals surface area contributed by atoms with E-state index in [1.165, 1.54) is 16.9 Å². The zero-order chi connectivity index (χ0) is 16.4. The molecule has 1 aliphatic heterocycles. The maximum atomic E-state index is 14.6. The van der Waals surface area contributed by atoms with E-state index in [0.29, 0.717) is 17.8 Å². The molecule has 0 bridgehead atoms. The molecule has 1 aromatic carbocycles. The Morgan fingerprint density at radius 2 is 2.21 bits per heavy atom. The number of carbonyl (C=O) groups is 1. The van der Waals surface area contributed by atoms with E-state index in [1.807, 2.05) is 19.1 Å². The molecule has 0 unspecified atom stereocenters. The van der Waals surface area contributed by atoms with E-state index in [9.17, 15) is 9.18 Å². The average molecular weight is 369 g/mol. The average Bonchev–Trinajstić information content (AvgIpc) is 2.92. The Balaban J connectivity index is 0.00000208. The van der Waals surface area contributed by atoms with Gasteiger partial charge < -0.3 is 10.6 Å². The minimum absolute atomic E-state index is 0. The lowest BCUT2D eigenvalue weighted by molar-refractivity contribution is 0.103. The van der Waals surface area contributed by atoms with Crippen LogP contribution in [0, 0.1) is 12.7 Å². The Hall–Kier alpha value is -1.43. The van der Waals surface area contributed by atoms with Crippen LogP contribution in [0.15, 0.2) is 18.2 Å². The monoisotopic (exact) mass is 368 g/mol. The van der Waals surface area contributed by atoms with Gasteiger partial charge in [0, 0.05) is 11.4 Å². The number of aryl methyl sites for hydroxylation is 2. The molecule has 0 radical (unpaired) electrons. The zero-order valence-electron chi connectivity index (χ0n) is 13.9. The van der Waals surface area contributed by atoms with Crippen molar-refractivity contribution in [3.05, 3.63) is 50.5 Å². The van der Waals surface area contributed by atoms with Gasteiger partial charge in [-0.2, -0.15) is 0 Å². The van der Waals surface area contributed by atoms with Crippen LogP contribution in [0.2, 0.25) is 0 Å². The fourth-order valence-electron chi connectivity index (χ4n) is 2.96. The Labute approximate surface area is 152 Å². The molecule has 0 saturated carbocycles. The summed E-state index contributed by atoms with van der Waals surface area (Å²) in [6.45, 7) is 5.60. The van der Waals surface area contributed by atoms with Crippen molar-refractivity contribution >= 4 is 35.3 Å². The maximum Gasteiger partial charge on any atom is 0.265 e. The molecular formula is C18H22ClFN2OS. The summed E-state index contributed by atoms with van der Waals surface area (Å²) in [5.74, 6) is -0.521. The summed E-state index contributed by atoms with van der Waals surface area (Å²) >= 11 is 1.47. The van der Waals surface area contributed by atoms with Gasteiger partial charge in [0.1, 0.15) is 5.82 Å². The molecule has 2 N–H and O–H groups in total. The number of benzene rings is 1. The summed E-state index contributed by atoms with van der Waals surface area (Å²) in [4.78, 5) is 14.2. The quantitative estimate of drug-likeness (QED) is 0.836. The number of halogens is 2. The van der Waals surface area contributed by atoms with E-state index in [1.54, 1.807) is 6.07 Å². The van der Waals surface area contributed by atoms with Crippen LogP contribution in [-0.4, -0.2) is 12.5 Å². The SMILES string of the molecule is CCCc1cc(C(=O)Nc2ccc3c(c2F)CCNC3)sc1C.Cl. The van der Waals surface area contributed by atoms with Crippen molar-refractivity contribution in [2.24, 2.45) is 0 Å². The number of rotatable bonds is 4. The Bertz CT molecular complexity index is 745. The molecule has 2 aromatic rings. The summed E-state index contributed by atoms with van der Waals surface area (Å²) in [5.41, 5.74) is 3.18. The van der Waals surface area contributed by atoms with Gasteiger partial charge in [0.05, 0.1) is 10.6 Å². The standard InChI is InChI=1S/C18H21FN2OS.ClH/c1-3-4-12-9-16(23-11(12)2)18(22)21-15-6-5-13-10-20-8-7-14(13)17(15)19;/h5-6,9,20H,3-4,7-8,10H2,1-2H3,(H,21,22);1H. The van der Waals surface area contributed by atoms with Crippen LogP contribution in [0.5, 0.6) is 0 Å². The number of hydrogen-bond acceptors (Lipinski definition) is 3. The Morgan fingerprint density at radius 1 is 1.42 bits per heavy atom. The Morgan fingerprint density at radius 3 is 2.96 bits per heavy atom. The molecule has 24 heavy (non-hydrogen) atoms. The van der Waals surface area contributed by atoms with Crippen molar-refractivity contribution in [2.75, 3.05) is 11.9 Å². The van der Waals surface area contributed by atoms with Crippen molar-refractivity contribution in [1.29, 1.82) is 0 Å². The molecule has 1 aromatic heterocycles. The van der Waals surface area contributed by atoms with Gasteiger partial charge in [-0.05, 0) is 55.1 Å². The first-order chi connectivity index (χ1) is 11.1. The first kappa shape index (κ1) is 18.9. The molecule has 0 aliphatic carbocycles. The molecule has 0 spiro atoms. The molecule has 130 valence electrons. The summed E-state index contributed by atoms with van der Waals surface area (Å²) < 4.78 is 14.6. The van der Waals surface area contributed by atoms with Crippen molar-refractivity contribution in [3.63, 3.8) is 0 Å². The summed E-state index contributed by atoms with van der Waals surface area (Å²) in [6, 6.07) is 5.48. The molecule has 3 rings (SSSR count). The van der Waals surface area contributed by atoms with E-state index in [-0.39, 0.29) is 29.8 Å². The topological polar surface area (TPSA) is 41.1 Å². The fraction of sp³-hybridized carbons (Fsp3) is 0.389. The van der Waals surface area contributed by atoms with E-state index in [2.05, 4.69) is 17.6 Å². The third-order valence-electron chi connectivity index (χ3n) is 4.22. The smallest absolute Gasteiger partial charge is 0.265 e. The third kappa shape index (κ3) is 3.79. The van der Waals surface area contributed by atoms with Crippen LogP contribution in [0.3, 0.4) is 0 Å². The van der Waals surface area contributed by atoms with E-state index in [4.69, 9.17) is 0 Å². The summed E-state index contributed by atoms with van der Waals surface area (Å²) in [7, 11) is 0. The second-order valence-corrected chi connectivity index (χ2v) is 7.14. The van der Waals surface area contributed by atoms with E-state index >= 15 is 0 Å². The van der Waals surface area contributed by atoms with Gasteiger partial charge in [-0.1, -0.05) is 19.4 Å². The first-order valence-electron chi connectivity index (χ1n) is 8.01. The molecule has 0 fully saturated rings. The number of carbonyl (C=O) groups excluding carboxylic acids is 1. The van der Waals surface area contributed by atoms with Crippen molar-refractivity contribution in [2.45, 2.75) is 39.7 Å². The molecule has 1 amide bonds. The van der Waals surface area contributed by atoms with Crippen LogP contribution in [0.4, 0.5) is 10.1 Å². The van der Waals surface area contributed by atoms with Gasteiger partial charge in [-0.3, -0.25) is 4.79 Å². The number of thiophene rings is 1. The predicted octanol–water partition coefficient (Wildman–Crippen LogP) is 4.47. The fourth-order valence-corrected chi connectivity index (χ4v) is 3.93. The van der Waals surface area contributed by atoms with Gasteiger partial charge in [0.15, 0.2) is 0 Å². The van der Waals surface area contributed by atoms with Crippen LogP contribution in [-0.2, 0) is 19.4 Å². The molecule has 2 heterocycles. The molecule has 3 nitrogen and oxygen atoms in total. The van der Waals surface area contributed by atoms with Gasteiger partial charge in [-0.15, -0.1) is 23.7 Å². The minimum Gasteiger partial charge on any atom is -0.319 e. The van der Waals surface area contributed by atoms with E-state index in [0.717, 1.165) is 35.4 Å². The van der Waals surface area contributed by atoms with Crippen LogP contribution < -0.4 is 10.6 Å². The molecule has 0 atom stereocenters. The van der Waals surface area contributed by atoms with Crippen molar-refractivity contribution in [3.8, 4) is 0 Å². The Kier molecular flexibility index (Phi) is 6.38. The minimum atomic E-state index is -0.292. The van der Waals surface area contributed by atoms with Crippen molar-refractivity contribution in [1.82, 2.24) is 5.32 Å². The number of nitrogens with one attached hydrogen (secondary N) is 2. The second-order valence-electron chi connectivity index (χ2n) is 5.89. The molecular weight excluding hydrogens is 347 g/mol. The number of fused-ring (bicyclic) bond motifs is 1.